The molecule has 2 atom stereocenters. The number of nitrogen functional groups attached to an aromatic ring is 1. The highest BCUT2D eigenvalue weighted by Crippen LogP contribution is 2.39. The van der Waals surface area contributed by atoms with E-state index in [2.05, 4.69) is 34.5 Å². The minimum atomic E-state index is -0.344. The van der Waals surface area contributed by atoms with Gasteiger partial charge in [0.05, 0.1) is 17.5 Å². The third-order valence-electron chi connectivity index (χ3n) is 4.21. The summed E-state index contributed by atoms with van der Waals surface area (Å²) in [5, 5.41) is 15.7. The molecule has 1 aliphatic carbocycles. The van der Waals surface area contributed by atoms with Crippen LogP contribution in [0.25, 0.3) is 0 Å². The van der Waals surface area contributed by atoms with E-state index in [1.54, 1.807) is 12.3 Å². The SMILES string of the molecule is CC[C@H](C)n1nccc1NC(=O)[C@@H](C)Sc1nnc(C2CC2)n1N. The Balaban J connectivity index is 1.64. The van der Waals surface area contributed by atoms with Crippen LogP contribution < -0.4 is 11.2 Å². The molecular weight excluding hydrogens is 326 g/mol. The minimum absolute atomic E-state index is 0.110. The number of nitrogens with one attached hydrogen (secondary N) is 1. The number of rotatable bonds is 7. The second-order valence-corrected chi connectivity index (χ2v) is 7.46. The van der Waals surface area contributed by atoms with Crippen LogP contribution in [0.2, 0.25) is 0 Å². The molecule has 0 unspecified atom stereocenters. The molecule has 130 valence electrons. The van der Waals surface area contributed by atoms with E-state index in [9.17, 15) is 4.79 Å². The average molecular weight is 349 g/mol. The Morgan fingerprint density at radius 3 is 2.88 bits per heavy atom. The van der Waals surface area contributed by atoms with Gasteiger partial charge in [-0.3, -0.25) is 4.79 Å². The number of carbonyl (C=O) groups excluding carboxylic acids is 1. The van der Waals surface area contributed by atoms with Crippen molar-refractivity contribution in [3.63, 3.8) is 0 Å². The van der Waals surface area contributed by atoms with Crippen LogP contribution in [0.15, 0.2) is 17.4 Å². The highest BCUT2D eigenvalue weighted by Gasteiger charge is 2.30. The molecule has 1 aliphatic rings. The van der Waals surface area contributed by atoms with Crippen LogP contribution >= 0.6 is 11.8 Å². The first-order valence-corrected chi connectivity index (χ1v) is 9.10. The molecule has 2 aromatic heterocycles. The molecule has 2 heterocycles. The first-order valence-electron chi connectivity index (χ1n) is 8.22. The summed E-state index contributed by atoms with van der Waals surface area (Å²) in [7, 11) is 0. The molecule has 1 saturated carbocycles. The molecule has 2 aromatic rings. The van der Waals surface area contributed by atoms with Crippen molar-refractivity contribution in [3.05, 3.63) is 18.1 Å². The third-order valence-corrected chi connectivity index (χ3v) is 5.27. The van der Waals surface area contributed by atoms with Gasteiger partial charge in [-0.05, 0) is 33.1 Å². The molecule has 0 aliphatic heterocycles. The summed E-state index contributed by atoms with van der Waals surface area (Å²) in [4.78, 5) is 12.5. The van der Waals surface area contributed by atoms with Gasteiger partial charge in [-0.2, -0.15) is 5.10 Å². The van der Waals surface area contributed by atoms with Gasteiger partial charge in [0, 0.05) is 12.0 Å². The van der Waals surface area contributed by atoms with Crippen molar-refractivity contribution >= 4 is 23.5 Å². The average Bonchev–Trinajstić information content (AvgIpc) is 3.20. The maximum absolute atomic E-state index is 12.5. The molecule has 3 N–H and O–H groups in total. The van der Waals surface area contributed by atoms with Gasteiger partial charge in [0.2, 0.25) is 11.1 Å². The van der Waals surface area contributed by atoms with Crippen molar-refractivity contribution in [1.82, 2.24) is 24.7 Å². The van der Waals surface area contributed by atoms with Crippen molar-refractivity contribution in [1.29, 1.82) is 0 Å². The molecule has 1 amide bonds. The number of anilines is 1. The van der Waals surface area contributed by atoms with Gasteiger partial charge in [-0.1, -0.05) is 18.7 Å². The van der Waals surface area contributed by atoms with Crippen LogP contribution in [-0.4, -0.2) is 35.8 Å². The molecular formula is C15H23N7OS. The van der Waals surface area contributed by atoms with E-state index in [0.29, 0.717) is 16.9 Å². The summed E-state index contributed by atoms with van der Waals surface area (Å²) in [5.41, 5.74) is 0. The Bertz CT molecular complexity index is 721. The van der Waals surface area contributed by atoms with E-state index in [1.165, 1.54) is 16.4 Å². The quantitative estimate of drug-likeness (QED) is 0.586. The largest absolute Gasteiger partial charge is 0.336 e. The van der Waals surface area contributed by atoms with Crippen LogP contribution in [0.1, 0.15) is 57.8 Å². The summed E-state index contributed by atoms with van der Waals surface area (Å²) in [6.07, 6.45) is 4.85. The topological polar surface area (TPSA) is 104 Å². The molecule has 0 spiro atoms. The Morgan fingerprint density at radius 2 is 2.21 bits per heavy atom. The second kappa shape index (κ2) is 6.84. The Labute approximate surface area is 145 Å². The Morgan fingerprint density at radius 1 is 1.46 bits per heavy atom. The van der Waals surface area contributed by atoms with Crippen LogP contribution in [0.5, 0.6) is 0 Å². The van der Waals surface area contributed by atoms with Gasteiger partial charge in [0.15, 0.2) is 5.82 Å². The highest BCUT2D eigenvalue weighted by molar-refractivity contribution is 8.00. The first-order chi connectivity index (χ1) is 11.5. The lowest BCUT2D eigenvalue weighted by atomic mass is 10.3. The van der Waals surface area contributed by atoms with Crippen molar-refractivity contribution in [3.8, 4) is 0 Å². The third kappa shape index (κ3) is 3.40. The van der Waals surface area contributed by atoms with Gasteiger partial charge < -0.3 is 11.2 Å². The summed E-state index contributed by atoms with van der Waals surface area (Å²) in [6, 6.07) is 2.03. The lowest BCUT2D eigenvalue weighted by Gasteiger charge is -2.16. The molecule has 0 radical (unpaired) electrons. The van der Waals surface area contributed by atoms with E-state index in [1.807, 2.05) is 11.6 Å². The standard InChI is InChI=1S/C15H23N7OS/c1-4-9(2)22-12(7-8-17-22)18-14(23)10(3)24-15-20-19-13(21(15)16)11-5-6-11/h7-11H,4-6,16H2,1-3H3,(H,18,23)/t9-,10+/m0/s1. The van der Waals surface area contributed by atoms with Gasteiger partial charge in [-0.15, -0.1) is 10.2 Å². The maximum atomic E-state index is 12.5. The maximum Gasteiger partial charge on any atom is 0.238 e. The highest BCUT2D eigenvalue weighted by atomic mass is 32.2. The van der Waals surface area contributed by atoms with Crippen molar-refractivity contribution in [2.24, 2.45) is 0 Å². The number of hydrogen-bond acceptors (Lipinski definition) is 6. The molecule has 8 nitrogen and oxygen atoms in total. The molecule has 0 bridgehead atoms. The van der Waals surface area contributed by atoms with E-state index >= 15 is 0 Å². The Kier molecular flexibility index (Phi) is 4.79. The summed E-state index contributed by atoms with van der Waals surface area (Å²) < 4.78 is 3.33. The normalized spacial score (nSPS) is 16.8. The predicted octanol–water partition coefficient (Wildman–Crippen LogP) is 2.16. The van der Waals surface area contributed by atoms with E-state index in [4.69, 9.17) is 5.84 Å². The molecule has 3 rings (SSSR count). The fourth-order valence-corrected chi connectivity index (χ4v) is 3.14. The first kappa shape index (κ1) is 16.8. The number of carbonyl (C=O) groups is 1. The summed E-state index contributed by atoms with van der Waals surface area (Å²) >= 11 is 1.31. The summed E-state index contributed by atoms with van der Waals surface area (Å²) in [6.45, 7) is 5.98. The zero-order chi connectivity index (χ0) is 17.3. The lowest BCUT2D eigenvalue weighted by molar-refractivity contribution is -0.115. The number of aromatic nitrogens is 5. The van der Waals surface area contributed by atoms with E-state index in [0.717, 1.165) is 25.1 Å². The molecule has 9 heteroatoms. The van der Waals surface area contributed by atoms with Crippen LogP contribution in [0, 0.1) is 0 Å². The van der Waals surface area contributed by atoms with E-state index < -0.39 is 0 Å². The fourth-order valence-electron chi connectivity index (χ4n) is 2.37. The van der Waals surface area contributed by atoms with Gasteiger partial charge in [0.25, 0.3) is 0 Å². The van der Waals surface area contributed by atoms with E-state index in [-0.39, 0.29) is 17.2 Å². The van der Waals surface area contributed by atoms with Gasteiger partial charge in [0.1, 0.15) is 5.82 Å². The number of thioether (sulfide) groups is 1. The molecule has 1 fully saturated rings. The van der Waals surface area contributed by atoms with Crippen molar-refractivity contribution in [2.75, 3.05) is 11.2 Å². The second-order valence-electron chi connectivity index (χ2n) is 6.15. The smallest absolute Gasteiger partial charge is 0.238 e. The minimum Gasteiger partial charge on any atom is -0.336 e. The van der Waals surface area contributed by atoms with Crippen LogP contribution in [0.3, 0.4) is 0 Å². The van der Waals surface area contributed by atoms with Gasteiger partial charge >= 0.3 is 0 Å². The fraction of sp³-hybridized carbons (Fsp3) is 0.600. The van der Waals surface area contributed by atoms with Gasteiger partial charge in [-0.25, -0.2) is 9.36 Å². The summed E-state index contributed by atoms with van der Waals surface area (Å²) in [5.74, 6) is 7.86. The van der Waals surface area contributed by atoms with Crippen molar-refractivity contribution in [2.45, 2.75) is 62.4 Å². The number of nitrogens with two attached hydrogens (primary N) is 1. The number of amides is 1. The van der Waals surface area contributed by atoms with Crippen LogP contribution in [-0.2, 0) is 4.79 Å². The van der Waals surface area contributed by atoms with Crippen molar-refractivity contribution < 1.29 is 4.79 Å². The predicted molar refractivity (Wildman–Crippen MR) is 93.3 cm³/mol. The number of nitrogens with zero attached hydrogens (tertiary/aromatic N) is 5. The van der Waals surface area contributed by atoms with Crippen LogP contribution in [0.4, 0.5) is 5.82 Å². The lowest BCUT2D eigenvalue weighted by Crippen LogP contribution is -2.25. The monoisotopic (exact) mass is 349 g/mol. The zero-order valence-corrected chi connectivity index (χ0v) is 15.0. The number of hydrogen-bond donors (Lipinski definition) is 2. The Hall–Kier alpha value is -2.03. The zero-order valence-electron chi connectivity index (χ0n) is 14.1. The molecule has 0 saturated heterocycles. The molecule has 0 aromatic carbocycles. The molecule has 24 heavy (non-hydrogen) atoms.